The Hall–Kier alpha value is -5.34. The fourth-order valence-electron chi connectivity index (χ4n) is 6.95. The number of furan rings is 1. The Kier molecular flexibility index (Phi) is 6.86. The monoisotopic (exact) mass is 837 g/mol. The Morgan fingerprint density at radius 3 is 2.06 bits per heavy atom. The zero-order chi connectivity index (χ0) is 30.9. The van der Waals surface area contributed by atoms with Gasteiger partial charge >= 0.3 is 31.1 Å². The van der Waals surface area contributed by atoms with E-state index in [0.717, 1.165) is 88.9 Å². The SMILES string of the molecule is [U+2].[c-]1ccccc1-c1[c-]ccc(-c2cc(-c3ccc4oc5ccccc5c4c3)cc(-n3c4ccccc4n4c5ccccc5nc34)c2)c1. The van der Waals surface area contributed by atoms with Crippen molar-refractivity contribution in [3.63, 3.8) is 0 Å². The van der Waals surface area contributed by atoms with Gasteiger partial charge in [-0.2, -0.15) is 42.5 Å². The minimum Gasteiger partial charge on any atom is -0.456 e. The number of hydrogen-bond donors (Lipinski definition) is 0. The Morgan fingerprint density at radius 2 is 1.21 bits per heavy atom. The molecule has 0 saturated carbocycles. The molecule has 0 unspecified atom stereocenters. The first-order chi connectivity index (χ1) is 23.3. The third-order valence-electron chi connectivity index (χ3n) is 9.13. The van der Waals surface area contributed by atoms with Crippen LogP contribution < -0.4 is 0 Å². The van der Waals surface area contributed by atoms with Gasteiger partial charge < -0.3 is 4.42 Å². The van der Waals surface area contributed by atoms with Crippen LogP contribution in [0.3, 0.4) is 0 Å². The molecule has 0 amide bonds. The van der Waals surface area contributed by atoms with Crippen molar-refractivity contribution in [2.75, 3.05) is 0 Å². The average Bonchev–Trinajstić information content (AvgIpc) is 3.80. The maximum Gasteiger partial charge on any atom is 2.00 e. The van der Waals surface area contributed by atoms with Gasteiger partial charge in [0.2, 0.25) is 5.78 Å². The van der Waals surface area contributed by atoms with Gasteiger partial charge in [-0.1, -0.05) is 48.5 Å². The van der Waals surface area contributed by atoms with E-state index in [1.165, 1.54) is 0 Å². The van der Waals surface area contributed by atoms with Gasteiger partial charge in [0.1, 0.15) is 11.2 Å². The zero-order valence-corrected chi connectivity index (χ0v) is 29.8. The second kappa shape index (κ2) is 11.4. The van der Waals surface area contributed by atoms with Crippen LogP contribution in [0, 0.1) is 43.2 Å². The summed E-state index contributed by atoms with van der Waals surface area (Å²) in [7, 11) is 0. The summed E-state index contributed by atoms with van der Waals surface area (Å²) in [6.45, 7) is 0. The number of para-hydroxylation sites is 5. The summed E-state index contributed by atoms with van der Waals surface area (Å²) >= 11 is 0. The van der Waals surface area contributed by atoms with Gasteiger partial charge in [0.05, 0.1) is 27.8 Å². The molecule has 0 saturated heterocycles. The van der Waals surface area contributed by atoms with E-state index in [1.54, 1.807) is 0 Å². The van der Waals surface area contributed by atoms with E-state index in [1.807, 2.05) is 42.5 Å². The standard InChI is InChI=1S/C43H25N3O.U/c1-2-11-28(12-3-1)29-13-10-14-30(23-29)32-24-33(31-21-22-42-36(27-31)35-15-4-9-20-41(35)47-42)26-34(25-32)45-39-18-7-8-19-40(39)46-38-17-6-5-16-37(38)44-43(45)46;/h1-11,14-27H;/q-2;+2. The molecule has 222 valence electrons. The van der Waals surface area contributed by atoms with Crippen LogP contribution in [0.4, 0.5) is 0 Å². The number of rotatable bonds is 4. The van der Waals surface area contributed by atoms with Crippen LogP contribution in [0.2, 0.25) is 0 Å². The molecule has 3 heterocycles. The first-order valence-electron chi connectivity index (χ1n) is 15.7. The normalized spacial score (nSPS) is 11.6. The van der Waals surface area contributed by atoms with Crippen LogP contribution in [0.15, 0.2) is 156 Å². The fourth-order valence-corrected chi connectivity index (χ4v) is 6.95. The third kappa shape index (κ3) is 4.54. The molecule has 0 N–H and O–H groups in total. The molecule has 0 aliphatic carbocycles. The van der Waals surface area contributed by atoms with Gasteiger partial charge in [0.15, 0.2) is 0 Å². The average molecular weight is 838 g/mol. The molecular weight excluding hydrogens is 813 g/mol. The Balaban J connectivity index is 0.00000314. The molecule has 5 heteroatoms. The molecule has 0 atom stereocenters. The van der Waals surface area contributed by atoms with Gasteiger partial charge in [0, 0.05) is 10.8 Å². The Morgan fingerprint density at radius 1 is 0.500 bits per heavy atom. The topological polar surface area (TPSA) is 35.4 Å². The predicted octanol–water partition coefficient (Wildman–Crippen LogP) is 10.9. The molecule has 10 aromatic rings. The van der Waals surface area contributed by atoms with Gasteiger partial charge in [0.25, 0.3) is 0 Å². The third-order valence-corrected chi connectivity index (χ3v) is 9.13. The van der Waals surface area contributed by atoms with Crippen molar-refractivity contribution in [3.05, 3.63) is 164 Å². The molecule has 0 bridgehead atoms. The second-order valence-corrected chi connectivity index (χ2v) is 11.9. The van der Waals surface area contributed by atoms with Crippen molar-refractivity contribution >= 4 is 49.8 Å². The summed E-state index contributed by atoms with van der Waals surface area (Å²) in [5.41, 5.74) is 13.6. The van der Waals surface area contributed by atoms with E-state index in [-0.39, 0.29) is 31.1 Å². The molecular formula is C43H25N3OU. The minimum atomic E-state index is 0. The Bertz CT molecular complexity index is 2810. The van der Waals surface area contributed by atoms with Crippen LogP contribution in [0.25, 0.3) is 88.9 Å². The minimum absolute atomic E-state index is 0. The number of benzene rings is 7. The van der Waals surface area contributed by atoms with E-state index in [4.69, 9.17) is 9.40 Å². The molecule has 0 fully saturated rings. The summed E-state index contributed by atoms with van der Waals surface area (Å²) in [4.78, 5) is 5.16. The molecule has 10 rings (SSSR count). The van der Waals surface area contributed by atoms with Crippen molar-refractivity contribution in [1.82, 2.24) is 14.0 Å². The van der Waals surface area contributed by atoms with Crippen LogP contribution >= 0.6 is 0 Å². The van der Waals surface area contributed by atoms with E-state index in [9.17, 15) is 0 Å². The predicted molar refractivity (Wildman–Crippen MR) is 191 cm³/mol. The molecule has 0 aliphatic rings. The van der Waals surface area contributed by atoms with Crippen LogP contribution in [-0.4, -0.2) is 14.0 Å². The zero-order valence-electron chi connectivity index (χ0n) is 25.7. The largest absolute Gasteiger partial charge is 2.00 e. The fraction of sp³-hybridized carbons (Fsp3) is 0. The maximum absolute atomic E-state index is 6.18. The summed E-state index contributed by atoms with van der Waals surface area (Å²) in [6, 6.07) is 59.6. The number of imidazole rings is 2. The smallest absolute Gasteiger partial charge is 0.456 e. The van der Waals surface area contributed by atoms with Crippen molar-refractivity contribution in [2.45, 2.75) is 0 Å². The van der Waals surface area contributed by atoms with Crippen molar-refractivity contribution in [2.24, 2.45) is 0 Å². The molecule has 0 aliphatic heterocycles. The quantitative estimate of drug-likeness (QED) is 0.166. The number of hydrogen-bond acceptors (Lipinski definition) is 2. The molecule has 4 nitrogen and oxygen atoms in total. The molecule has 7 aromatic carbocycles. The van der Waals surface area contributed by atoms with E-state index in [2.05, 4.69) is 130 Å². The molecule has 0 radical (unpaired) electrons. The summed E-state index contributed by atoms with van der Waals surface area (Å²) in [5, 5.41) is 2.22. The molecule has 3 aromatic heterocycles. The summed E-state index contributed by atoms with van der Waals surface area (Å²) in [5.74, 6) is 0.882. The van der Waals surface area contributed by atoms with Crippen LogP contribution in [0.5, 0.6) is 0 Å². The Labute approximate surface area is 300 Å². The van der Waals surface area contributed by atoms with Gasteiger partial charge in [-0.05, 0) is 77.4 Å². The van der Waals surface area contributed by atoms with E-state index < -0.39 is 0 Å². The van der Waals surface area contributed by atoms with Crippen LogP contribution in [0.1, 0.15) is 0 Å². The number of nitrogens with zero attached hydrogens (tertiary/aromatic N) is 3. The van der Waals surface area contributed by atoms with Crippen molar-refractivity contribution in [1.29, 1.82) is 0 Å². The van der Waals surface area contributed by atoms with Gasteiger partial charge in [-0.3, -0.25) is 8.97 Å². The maximum atomic E-state index is 6.18. The summed E-state index contributed by atoms with van der Waals surface area (Å²) in [6.07, 6.45) is 0. The first kappa shape index (κ1) is 28.9. The van der Waals surface area contributed by atoms with Crippen molar-refractivity contribution < 1.29 is 35.5 Å². The second-order valence-electron chi connectivity index (χ2n) is 11.9. The molecule has 0 spiro atoms. The van der Waals surface area contributed by atoms with Crippen molar-refractivity contribution in [3.8, 4) is 39.1 Å². The number of fused-ring (bicyclic) bond motifs is 8. The van der Waals surface area contributed by atoms with Gasteiger partial charge in [-0.25, -0.2) is 16.1 Å². The van der Waals surface area contributed by atoms with E-state index in [0.29, 0.717) is 0 Å². The van der Waals surface area contributed by atoms with E-state index >= 15 is 0 Å². The van der Waals surface area contributed by atoms with Gasteiger partial charge in [-0.15, -0.1) is 17.7 Å². The molecule has 48 heavy (non-hydrogen) atoms. The summed E-state index contributed by atoms with van der Waals surface area (Å²) < 4.78 is 10.7. The van der Waals surface area contributed by atoms with Crippen LogP contribution in [-0.2, 0) is 0 Å². The first-order valence-corrected chi connectivity index (χ1v) is 15.7. The number of aromatic nitrogens is 3.